The van der Waals surface area contributed by atoms with E-state index in [2.05, 4.69) is 36.2 Å². The van der Waals surface area contributed by atoms with Crippen LogP contribution in [-0.2, 0) is 6.54 Å². The smallest absolute Gasteiger partial charge is 0.137 e. The SMILES string of the molecule is CCn1ccnc1C(O)C1CC1c1ccccc1. The lowest BCUT2D eigenvalue weighted by molar-refractivity contribution is 0.137. The molecule has 0 bridgehead atoms. The first-order chi connectivity index (χ1) is 8.81. The number of rotatable bonds is 4. The molecule has 0 aliphatic heterocycles. The molecule has 1 heterocycles. The second kappa shape index (κ2) is 4.58. The van der Waals surface area contributed by atoms with Gasteiger partial charge >= 0.3 is 0 Å². The van der Waals surface area contributed by atoms with E-state index in [0.717, 1.165) is 18.8 Å². The van der Waals surface area contributed by atoms with Crippen molar-refractivity contribution in [2.45, 2.75) is 31.9 Å². The number of benzene rings is 1. The van der Waals surface area contributed by atoms with Crippen molar-refractivity contribution in [2.24, 2.45) is 5.92 Å². The topological polar surface area (TPSA) is 38.0 Å². The summed E-state index contributed by atoms with van der Waals surface area (Å²) in [6.45, 7) is 2.93. The highest BCUT2D eigenvalue weighted by atomic mass is 16.3. The van der Waals surface area contributed by atoms with Gasteiger partial charge in [-0.25, -0.2) is 4.98 Å². The third-order valence-corrected chi connectivity index (χ3v) is 3.83. The molecule has 1 aromatic carbocycles. The summed E-state index contributed by atoms with van der Waals surface area (Å²) in [6.07, 6.45) is 4.31. The van der Waals surface area contributed by atoms with Crippen LogP contribution in [0.3, 0.4) is 0 Å². The number of hydrogen-bond acceptors (Lipinski definition) is 2. The van der Waals surface area contributed by atoms with E-state index in [9.17, 15) is 5.11 Å². The first kappa shape index (κ1) is 11.5. The predicted octanol–water partition coefficient (Wildman–Crippen LogP) is 2.74. The molecular weight excluding hydrogens is 224 g/mol. The fourth-order valence-electron chi connectivity index (χ4n) is 2.69. The Hall–Kier alpha value is -1.61. The number of aliphatic hydroxyl groups excluding tert-OH is 1. The van der Waals surface area contributed by atoms with Crippen LogP contribution in [-0.4, -0.2) is 14.7 Å². The van der Waals surface area contributed by atoms with Gasteiger partial charge in [-0.3, -0.25) is 0 Å². The lowest BCUT2D eigenvalue weighted by Gasteiger charge is -2.12. The molecule has 1 aromatic heterocycles. The number of imidazole rings is 1. The molecule has 3 rings (SSSR count). The van der Waals surface area contributed by atoms with Crippen LogP contribution in [0.1, 0.15) is 36.8 Å². The van der Waals surface area contributed by atoms with Crippen molar-refractivity contribution in [3.05, 3.63) is 54.1 Å². The van der Waals surface area contributed by atoms with Crippen LogP contribution in [0.2, 0.25) is 0 Å². The molecule has 1 fully saturated rings. The van der Waals surface area contributed by atoms with Gasteiger partial charge in [0.1, 0.15) is 11.9 Å². The van der Waals surface area contributed by atoms with Gasteiger partial charge < -0.3 is 9.67 Å². The Bertz CT molecular complexity index is 520. The Morgan fingerprint density at radius 1 is 1.39 bits per heavy atom. The molecule has 3 atom stereocenters. The molecular formula is C15H18N2O. The number of aryl methyl sites for hydroxylation is 1. The van der Waals surface area contributed by atoms with E-state index in [-0.39, 0.29) is 0 Å². The summed E-state index contributed by atoms with van der Waals surface area (Å²) in [4.78, 5) is 4.29. The molecule has 3 nitrogen and oxygen atoms in total. The molecule has 0 spiro atoms. The second-order valence-corrected chi connectivity index (χ2v) is 4.93. The van der Waals surface area contributed by atoms with E-state index in [1.165, 1.54) is 5.56 Å². The normalized spacial score (nSPS) is 23.9. The van der Waals surface area contributed by atoms with Crippen molar-refractivity contribution >= 4 is 0 Å². The van der Waals surface area contributed by atoms with E-state index >= 15 is 0 Å². The van der Waals surface area contributed by atoms with E-state index in [1.807, 2.05) is 16.8 Å². The predicted molar refractivity (Wildman–Crippen MR) is 70.2 cm³/mol. The molecule has 3 heteroatoms. The monoisotopic (exact) mass is 242 g/mol. The molecule has 0 radical (unpaired) electrons. The Morgan fingerprint density at radius 3 is 2.89 bits per heavy atom. The van der Waals surface area contributed by atoms with Crippen molar-refractivity contribution in [2.75, 3.05) is 0 Å². The van der Waals surface area contributed by atoms with Gasteiger partial charge in [0.25, 0.3) is 0 Å². The fourth-order valence-corrected chi connectivity index (χ4v) is 2.69. The van der Waals surface area contributed by atoms with Crippen molar-refractivity contribution in [3.8, 4) is 0 Å². The van der Waals surface area contributed by atoms with Gasteiger partial charge in [-0.05, 0) is 30.7 Å². The third-order valence-electron chi connectivity index (χ3n) is 3.83. The maximum Gasteiger partial charge on any atom is 0.137 e. The summed E-state index contributed by atoms with van der Waals surface area (Å²) in [5, 5.41) is 10.4. The number of aromatic nitrogens is 2. The van der Waals surface area contributed by atoms with Crippen LogP contribution in [0.15, 0.2) is 42.7 Å². The third kappa shape index (κ3) is 1.95. The summed E-state index contributed by atoms with van der Waals surface area (Å²) >= 11 is 0. The second-order valence-electron chi connectivity index (χ2n) is 4.93. The van der Waals surface area contributed by atoms with Crippen LogP contribution in [0, 0.1) is 5.92 Å². The molecule has 3 unspecified atom stereocenters. The Labute approximate surface area is 107 Å². The van der Waals surface area contributed by atoms with E-state index < -0.39 is 6.10 Å². The minimum atomic E-state index is -0.440. The standard InChI is InChI=1S/C15H18N2O/c1-2-17-9-8-16-15(17)14(18)13-10-12(13)11-6-4-3-5-7-11/h3-9,12-14,18H,2,10H2,1H3. The quantitative estimate of drug-likeness (QED) is 0.895. The van der Waals surface area contributed by atoms with Crippen LogP contribution >= 0.6 is 0 Å². The van der Waals surface area contributed by atoms with Crippen molar-refractivity contribution in [1.82, 2.24) is 9.55 Å². The summed E-state index contributed by atoms with van der Waals surface area (Å²) in [5.74, 6) is 1.62. The van der Waals surface area contributed by atoms with E-state index in [4.69, 9.17) is 0 Å². The molecule has 0 saturated heterocycles. The Kier molecular flexibility index (Phi) is 2.92. The molecule has 94 valence electrons. The number of aliphatic hydroxyl groups is 1. The lowest BCUT2D eigenvalue weighted by atomic mass is 10.1. The van der Waals surface area contributed by atoms with Gasteiger partial charge in [0.05, 0.1) is 0 Å². The first-order valence-corrected chi connectivity index (χ1v) is 6.55. The molecule has 0 amide bonds. The molecule has 1 aliphatic carbocycles. The average molecular weight is 242 g/mol. The largest absolute Gasteiger partial charge is 0.385 e. The summed E-state index contributed by atoms with van der Waals surface area (Å²) in [7, 11) is 0. The highest BCUT2D eigenvalue weighted by molar-refractivity contribution is 5.27. The van der Waals surface area contributed by atoms with Crippen LogP contribution in [0.4, 0.5) is 0 Å². The minimum Gasteiger partial charge on any atom is -0.385 e. The van der Waals surface area contributed by atoms with Gasteiger partial charge in [-0.1, -0.05) is 30.3 Å². The number of nitrogens with zero attached hydrogens (tertiary/aromatic N) is 2. The van der Waals surface area contributed by atoms with Crippen molar-refractivity contribution in [1.29, 1.82) is 0 Å². The molecule has 2 aromatic rings. The zero-order chi connectivity index (χ0) is 12.5. The van der Waals surface area contributed by atoms with Gasteiger partial charge in [0.15, 0.2) is 0 Å². The highest BCUT2D eigenvalue weighted by Crippen LogP contribution is 2.53. The van der Waals surface area contributed by atoms with Crippen LogP contribution in [0.5, 0.6) is 0 Å². The summed E-state index contributed by atoms with van der Waals surface area (Å²) in [5.41, 5.74) is 1.33. The molecule has 18 heavy (non-hydrogen) atoms. The molecule has 1 saturated carbocycles. The summed E-state index contributed by atoms with van der Waals surface area (Å²) in [6, 6.07) is 10.4. The van der Waals surface area contributed by atoms with Gasteiger partial charge in [0.2, 0.25) is 0 Å². The average Bonchev–Trinajstić information content (AvgIpc) is 3.08. The van der Waals surface area contributed by atoms with Crippen molar-refractivity contribution < 1.29 is 5.11 Å². The minimum absolute atomic E-state index is 0.320. The fraction of sp³-hybridized carbons (Fsp3) is 0.400. The van der Waals surface area contributed by atoms with Gasteiger partial charge in [0, 0.05) is 18.9 Å². The zero-order valence-electron chi connectivity index (χ0n) is 10.5. The summed E-state index contributed by atoms with van der Waals surface area (Å²) < 4.78 is 2.02. The first-order valence-electron chi connectivity index (χ1n) is 6.55. The zero-order valence-corrected chi connectivity index (χ0v) is 10.5. The van der Waals surface area contributed by atoms with Crippen LogP contribution in [0.25, 0.3) is 0 Å². The van der Waals surface area contributed by atoms with Crippen LogP contribution < -0.4 is 0 Å². The molecule has 1 aliphatic rings. The number of hydrogen-bond donors (Lipinski definition) is 1. The molecule has 1 N–H and O–H groups in total. The van der Waals surface area contributed by atoms with E-state index in [0.29, 0.717) is 11.8 Å². The van der Waals surface area contributed by atoms with Gasteiger partial charge in [-0.2, -0.15) is 0 Å². The maximum atomic E-state index is 10.4. The van der Waals surface area contributed by atoms with Crippen molar-refractivity contribution in [3.63, 3.8) is 0 Å². The Balaban J connectivity index is 1.75. The highest BCUT2D eigenvalue weighted by Gasteiger charge is 2.45. The Morgan fingerprint density at radius 2 is 2.17 bits per heavy atom. The lowest BCUT2D eigenvalue weighted by Crippen LogP contribution is -2.10. The maximum absolute atomic E-state index is 10.4. The van der Waals surface area contributed by atoms with E-state index in [1.54, 1.807) is 6.20 Å². The van der Waals surface area contributed by atoms with Gasteiger partial charge in [-0.15, -0.1) is 0 Å².